The average Bonchev–Trinajstić information content (AvgIpc) is 3.27. The molecule has 4 rings (SSSR count). The highest BCUT2D eigenvalue weighted by molar-refractivity contribution is 9.12. The summed E-state index contributed by atoms with van der Waals surface area (Å²) in [4.78, 5) is 51.1. The van der Waals surface area contributed by atoms with Gasteiger partial charge in [-0.3, -0.25) is 24.1 Å². The smallest absolute Gasteiger partial charge is 0.326 e. The van der Waals surface area contributed by atoms with Crippen molar-refractivity contribution in [3.8, 4) is 0 Å². The third-order valence-corrected chi connectivity index (χ3v) is 9.63. The van der Waals surface area contributed by atoms with Crippen molar-refractivity contribution in [1.29, 1.82) is 0 Å². The number of amides is 2. The van der Waals surface area contributed by atoms with Gasteiger partial charge >= 0.3 is 5.97 Å². The number of esters is 1. The molecule has 6 atom stereocenters. The standard InChI is InChI=1S/C19H16Br3NO5/c20-9-3-1-8(2-4-9)12(24)7-28-13(25)6-23-18(26)14-10-5-11(15(14)19(23)27)17(22)16(10)21/h1-4,10-11,14-17H,5-7H2/t10-,11-,14-,15-,16+,17+/m1/s1. The number of halogens is 3. The number of benzene rings is 1. The van der Waals surface area contributed by atoms with Gasteiger partial charge in [0.05, 0.1) is 11.8 Å². The Morgan fingerprint density at radius 3 is 2.07 bits per heavy atom. The van der Waals surface area contributed by atoms with Crippen LogP contribution in [0, 0.1) is 23.7 Å². The van der Waals surface area contributed by atoms with Gasteiger partial charge in [-0.1, -0.05) is 59.9 Å². The molecule has 6 nitrogen and oxygen atoms in total. The second-order valence-corrected chi connectivity index (χ2v) is 10.4. The normalized spacial score (nSPS) is 33.3. The number of carbonyl (C=O) groups excluding carboxylic acids is 4. The van der Waals surface area contributed by atoms with E-state index in [9.17, 15) is 19.2 Å². The molecule has 1 saturated heterocycles. The molecule has 0 N–H and O–H groups in total. The monoisotopic (exact) mass is 575 g/mol. The summed E-state index contributed by atoms with van der Waals surface area (Å²) in [6.07, 6.45) is 0.832. The van der Waals surface area contributed by atoms with E-state index in [0.29, 0.717) is 5.56 Å². The van der Waals surface area contributed by atoms with Gasteiger partial charge in [-0.25, -0.2) is 0 Å². The fraction of sp³-hybridized carbons (Fsp3) is 0.474. The summed E-state index contributed by atoms with van der Waals surface area (Å²) in [5.41, 5.74) is 0.419. The van der Waals surface area contributed by atoms with Gasteiger partial charge in [-0.05, 0) is 30.4 Å². The SMILES string of the molecule is O=C(CN1C(=O)[C@@H]2[C@H]3C[C@@H]([C@H](Br)[C@H]3Br)[C@H]2C1=O)OCC(=O)c1ccc(Br)cc1. The summed E-state index contributed by atoms with van der Waals surface area (Å²) in [7, 11) is 0. The van der Waals surface area contributed by atoms with Crippen LogP contribution in [0.1, 0.15) is 16.8 Å². The number of Topliss-reactive ketones (excluding diaryl/α,β-unsaturated/α-hetero) is 1. The number of ketones is 1. The molecule has 0 unspecified atom stereocenters. The van der Waals surface area contributed by atoms with Crippen LogP contribution < -0.4 is 0 Å². The molecule has 3 fully saturated rings. The number of imide groups is 1. The van der Waals surface area contributed by atoms with Gasteiger partial charge in [0.2, 0.25) is 11.8 Å². The number of nitrogens with zero attached hydrogens (tertiary/aromatic N) is 1. The van der Waals surface area contributed by atoms with Gasteiger partial charge in [-0.2, -0.15) is 0 Å². The zero-order valence-electron chi connectivity index (χ0n) is 14.5. The van der Waals surface area contributed by atoms with Crippen LogP contribution in [0.2, 0.25) is 0 Å². The molecular formula is C19H16Br3NO5. The molecule has 0 spiro atoms. The molecule has 1 heterocycles. The molecular weight excluding hydrogens is 562 g/mol. The van der Waals surface area contributed by atoms with Crippen molar-refractivity contribution >= 4 is 71.4 Å². The lowest BCUT2D eigenvalue weighted by Crippen LogP contribution is -2.38. The summed E-state index contributed by atoms with van der Waals surface area (Å²) >= 11 is 10.5. The van der Waals surface area contributed by atoms with E-state index in [0.717, 1.165) is 15.8 Å². The molecule has 0 radical (unpaired) electrons. The Hall–Kier alpha value is -1.06. The Labute approximate surface area is 186 Å². The fourth-order valence-corrected chi connectivity index (χ4v) is 6.74. The Kier molecular flexibility index (Phi) is 5.52. The van der Waals surface area contributed by atoms with Crippen molar-refractivity contribution in [2.75, 3.05) is 13.2 Å². The first kappa shape index (κ1) is 20.2. The number of hydrogen-bond acceptors (Lipinski definition) is 5. The van der Waals surface area contributed by atoms with Crippen LogP contribution in [0.3, 0.4) is 0 Å². The zero-order valence-corrected chi connectivity index (χ0v) is 19.3. The summed E-state index contributed by atoms with van der Waals surface area (Å²) in [6.45, 7) is -0.876. The first-order valence-electron chi connectivity index (χ1n) is 8.87. The number of ether oxygens (including phenoxy) is 1. The van der Waals surface area contributed by atoms with E-state index in [1.165, 1.54) is 0 Å². The van der Waals surface area contributed by atoms with E-state index in [2.05, 4.69) is 47.8 Å². The van der Waals surface area contributed by atoms with Crippen molar-refractivity contribution in [2.45, 2.75) is 16.1 Å². The van der Waals surface area contributed by atoms with Gasteiger partial charge in [-0.15, -0.1) is 0 Å². The van der Waals surface area contributed by atoms with Gasteiger partial charge in [0.25, 0.3) is 0 Å². The van der Waals surface area contributed by atoms with E-state index in [1.54, 1.807) is 24.3 Å². The van der Waals surface area contributed by atoms with Gasteiger partial charge in [0.15, 0.2) is 12.4 Å². The van der Waals surface area contributed by atoms with E-state index >= 15 is 0 Å². The molecule has 1 aromatic rings. The Bertz CT molecular complexity index is 826. The molecule has 2 saturated carbocycles. The average molecular weight is 578 g/mol. The Morgan fingerprint density at radius 2 is 1.54 bits per heavy atom. The molecule has 2 bridgehead atoms. The number of fused-ring (bicyclic) bond motifs is 5. The summed E-state index contributed by atoms with van der Waals surface area (Å²) in [6, 6.07) is 6.69. The molecule has 148 valence electrons. The lowest BCUT2D eigenvalue weighted by Gasteiger charge is -2.28. The van der Waals surface area contributed by atoms with Crippen molar-refractivity contribution in [2.24, 2.45) is 23.7 Å². The Morgan fingerprint density at radius 1 is 1.00 bits per heavy atom. The topological polar surface area (TPSA) is 80.8 Å². The third-order valence-electron chi connectivity index (χ3n) is 5.90. The maximum atomic E-state index is 12.8. The number of rotatable bonds is 5. The Balaban J connectivity index is 1.36. The largest absolute Gasteiger partial charge is 0.456 e. The van der Waals surface area contributed by atoms with Crippen molar-refractivity contribution in [1.82, 2.24) is 4.90 Å². The second-order valence-electron chi connectivity index (χ2n) is 7.36. The maximum Gasteiger partial charge on any atom is 0.326 e. The minimum Gasteiger partial charge on any atom is -0.456 e. The summed E-state index contributed by atoms with van der Waals surface area (Å²) in [5, 5.41) is 0. The molecule has 2 aliphatic carbocycles. The third kappa shape index (κ3) is 3.29. The highest BCUT2D eigenvalue weighted by Gasteiger charge is 2.66. The lowest BCUT2D eigenvalue weighted by atomic mass is 9.81. The molecule has 1 aliphatic heterocycles. The van der Waals surface area contributed by atoms with Gasteiger partial charge in [0, 0.05) is 19.7 Å². The van der Waals surface area contributed by atoms with E-state index < -0.39 is 19.1 Å². The fourth-order valence-electron chi connectivity index (χ4n) is 4.61. The summed E-state index contributed by atoms with van der Waals surface area (Å²) in [5.74, 6) is -2.26. The molecule has 9 heteroatoms. The first-order chi connectivity index (χ1) is 13.3. The predicted octanol–water partition coefficient (Wildman–Crippen LogP) is 2.95. The molecule has 28 heavy (non-hydrogen) atoms. The number of hydrogen-bond donors (Lipinski definition) is 0. The molecule has 1 aromatic carbocycles. The minimum absolute atomic E-state index is 0.0934. The predicted molar refractivity (Wildman–Crippen MR) is 110 cm³/mol. The van der Waals surface area contributed by atoms with Crippen LogP contribution in [-0.2, 0) is 19.1 Å². The van der Waals surface area contributed by atoms with Crippen molar-refractivity contribution in [3.63, 3.8) is 0 Å². The van der Waals surface area contributed by atoms with Crippen molar-refractivity contribution in [3.05, 3.63) is 34.3 Å². The van der Waals surface area contributed by atoms with Crippen LogP contribution in [-0.4, -0.2) is 51.3 Å². The maximum absolute atomic E-state index is 12.8. The molecule has 2 amide bonds. The van der Waals surface area contributed by atoms with E-state index in [1.807, 2.05) is 0 Å². The highest BCUT2D eigenvalue weighted by atomic mass is 79.9. The van der Waals surface area contributed by atoms with E-state index in [4.69, 9.17) is 4.74 Å². The van der Waals surface area contributed by atoms with Gasteiger partial charge in [0.1, 0.15) is 6.54 Å². The van der Waals surface area contributed by atoms with Crippen LogP contribution >= 0.6 is 47.8 Å². The van der Waals surface area contributed by atoms with Crippen LogP contribution in [0.25, 0.3) is 0 Å². The number of likely N-dealkylation sites (tertiary alicyclic amines) is 1. The highest BCUT2D eigenvalue weighted by Crippen LogP contribution is 2.60. The number of alkyl halides is 2. The molecule has 0 aromatic heterocycles. The van der Waals surface area contributed by atoms with Crippen LogP contribution in [0.5, 0.6) is 0 Å². The number of carbonyl (C=O) groups is 4. The quantitative estimate of drug-likeness (QED) is 0.233. The minimum atomic E-state index is -0.759. The zero-order chi connectivity index (χ0) is 20.2. The van der Waals surface area contributed by atoms with Crippen LogP contribution in [0.4, 0.5) is 0 Å². The lowest BCUT2D eigenvalue weighted by molar-refractivity contribution is -0.152. The van der Waals surface area contributed by atoms with Crippen molar-refractivity contribution < 1.29 is 23.9 Å². The van der Waals surface area contributed by atoms with Crippen LogP contribution in [0.15, 0.2) is 28.7 Å². The van der Waals surface area contributed by atoms with E-state index in [-0.39, 0.29) is 50.9 Å². The second kappa shape index (κ2) is 7.65. The summed E-state index contributed by atoms with van der Waals surface area (Å²) < 4.78 is 5.85. The first-order valence-corrected chi connectivity index (χ1v) is 11.5. The molecule has 3 aliphatic rings. The van der Waals surface area contributed by atoms with Gasteiger partial charge < -0.3 is 4.74 Å².